The summed E-state index contributed by atoms with van der Waals surface area (Å²) in [6.07, 6.45) is -0.0983. The fraction of sp³-hybridized carbons (Fsp3) is 1.00. The molecule has 0 aliphatic rings. The van der Waals surface area contributed by atoms with Gasteiger partial charge in [0.25, 0.3) is 0 Å². The molecule has 4 heteroatoms. The summed E-state index contributed by atoms with van der Waals surface area (Å²) in [6, 6.07) is 0. The quantitative estimate of drug-likeness (QED) is 0.431. The van der Waals surface area contributed by atoms with E-state index in [2.05, 4.69) is 45.2 Å². The zero-order valence-electron chi connectivity index (χ0n) is 6.30. The molecule has 0 spiro atoms. The second kappa shape index (κ2) is 5.96. The number of alkyl halides is 2. The van der Waals surface area contributed by atoms with E-state index in [1.54, 1.807) is 0 Å². The molecule has 0 saturated carbocycles. The molecule has 10 heavy (non-hydrogen) atoms. The number of halogens is 2. The van der Waals surface area contributed by atoms with Crippen LogP contribution in [0.5, 0.6) is 0 Å². The van der Waals surface area contributed by atoms with Crippen molar-refractivity contribution < 1.29 is 9.47 Å². The van der Waals surface area contributed by atoms with Crippen LogP contribution in [0, 0.1) is 0 Å². The summed E-state index contributed by atoms with van der Waals surface area (Å²) in [6.45, 7) is 5.88. The fourth-order valence-electron chi connectivity index (χ4n) is 0.560. The maximum atomic E-state index is 5.32. The molecule has 0 aliphatic heterocycles. The van der Waals surface area contributed by atoms with E-state index >= 15 is 0 Å². The first-order chi connectivity index (χ1) is 4.52. The van der Waals surface area contributed by atoms with Gasteiger partial charge in [0.05, 0.1) is 0 Å². The van der Waals surface area contributed by atoms with Gasteiger partial charge >= 0.3 is 0 Å². The average Bonchev–Trinajstić information content (AvgIpc) is 1.58. The fourth-order valence-corrected chi connectivity index (χ4v) is 1.39. The maximum Gasteiger partial charge on any atom is 0.157 e. The Hall–Kier alpha value is 1.38. The van der Waals surface area contributed by atoms with Crippen molar-refractivity contribution in [3.63, 3.8) is 0 Å². The summed E-state index contributed by atoms with van der Waals surface area (Å²) in [5.74, 6) is 0. The second-order valence-electron chi connectivity index (χ2n) is 1.93. The van der Waals surface area contributed by atoms with E-state index in [1.807, 2.05) is 20.8 Å². The third-order valence-electron chi connectivity index (χ3n) is 0.758. The Labute approximate surface area is 89.3 Å². The zero-order chi connectivity index (χ0) is 8.15. The van der Waals surface area contributed by atoms with Crippen LogP contribution in [0.2, 0.25) is 0 Å². The van der Waals surface area contributed by atoms with Crippen LogP contribution in [0.4, 0.5) is 0 Å². The molecule has 0 aromatic heterocycles. The van der Waals surface area contributed by atoms with E-state index in [0.29, 0.717) is 0 Å². The van der Waals surface area contributed by atoms with E-state index in [-0.39, 0.29) is 14.5 Å². The summed E-state index contributed by atoms with van der Waals surface area (Å²) in [5.41, 5.74) is 0. The first-order valence-electron chi connectivity index (χ1n) is 3.11. The molecule has 0 N–H and O–H groups in total. The van der Waals surface area contributed by atoms with E-state index in [4.69, 9.17) is 9.47 Å². The molecule has 62 valence electrons. The summed E-state index contributed by atoms with van der Waals surface area (Å²) >= 11 is 4.40. The molecule has 0 saturated heterocycles. The number of hydrogen-bond acceptors (Lipinski definition) is 2. The van der Waals surface area contributed by atoms with E-state index in [1.165, 1.54) is 0 Å². The van der Waals surface area contributed by atoms with E-state index in [9.17, 15) is 0 Å². The largest absolute Gasteiger partial charge is 0.340 e. The van der Waals surface area contributed by atoms with Crippen LogP contribution in [-0.4, -0.2) is 14.5 Å². The Kier molecular flexibility index (Phi) is 6.78. The highest BCUT2D eigenvalue weighted by Gasteiger charge is 2.07. The smallest absolute Gasteiger partial charge is 0.157 e. The molecule has 0 bridgehead atoms. The normalized spacial score (nSPS) is 20.1. The van der Waals surface area contributed by atoms with Crippen molar-refractivity contribution >= 4 is 45.2 Å². The standard InChI is InChI=1S/C6H12I2O2/c1-4(7)9-6(3)10-5(2)8/h4-6H,1-3H3. The van der Waals surface area contributed by atoms with Gasteiger partial charge in [0, 0.05) is 0 Å². The Balaban J connectivity index is 3.34. The minimum atomic E-state index is -0.0983. The van der Waals surface area contributed by atoms with Gasteiger partial charge in [-0.05, 0) is 20.8 Å². The van der Waals surface area contributed by atoms with Crippen LogP contribution in [0.3, 0.4) is 0 Å². The predicted molar refractivity (Wildman–Crippen MR) is 58.6 cm³/mol. The van der Waals surface area contributed by atoms with Crippen LogP contribution in [0.15, 0.2) is 0 Å². The Morgan fingerprint density at radius 1 is 0.900 bits per heavy atom. The van der Waals surface area contributed by atoms with Crippen molar-refractivity contribution in [1.82, 2.24) is 0 Å². The van der Waals surface area contributed by atoms with Crippen molar-refractivity contribution in [2.75, 3.05) is 0 Å². The van der Waals surface area contributed by atoms with Gasteiger partial charge in [-0.3, -0.25) is 0 Å². The van der Waals surface area contributed by atoms with Crippen LogP contribution < -0.4 is 0 Å². The number of ether oxygens (including phenoxy) is 2. The van der Waals surface area contributed by atoms with Crippen molar-refractivity contribution in [3.8, 4) is 0 Å². The molecule has 2 nitrogen and oxygen atoms in total. The van der Waals surface area contributed by atoms with Crippen molar-refractivity contribution in [2.24, 2.45) is 0 Å². The van der Waals surface area contributed by atoms with Crippen molar-refractivity contribution in [1.29, 1.82) is 0 Å². The monoisotopic (exact) mass is 370 g/mol. The van der Waals surface area contributed by atoms with Crippen molar-refractivity contribution in [3.05, 3.63) is 0 Å². The third kappa shape index (κ3) is 7.49. The molecular formula is C6H12I2O2. The van der Waals surface area contributed by atoms with Gasteiger partial charge in [-0.2, -0.15) is 0 Å². The molecule has 0 fully saturated rings. The molecular weight excluding hydrogens is 358 g/mol. The van der Waals surface area contributed by atoms with Crippen LogP contribution >= 0.6 is 45.2 Å². The molecule has 0 heterocycles. The van der Waals surface area contributed by atoms with Gasteiger partial charge in [0.1, 0.15) is 8.22 Å². The average molecular weight is 370 g/mol. The molecule has 0 rings (SSSR count). The van der Waals surface area contributed by atoms with Crippen molar-refractivity contribution in [2.45, 2.75) is 35.3 Å². The topological polar surface area (TPSA) is 18.5 Å². The van der Waals surface area contributed by atoms with Gasteiger partial charge < -0.3 is 9.47 Å². The van der Waals surface area contributed by atoms with Gasteiger partial charge in [-0.15, -0.1) is 0 Å². The Morgan fingerprint density at radius 3 is 1.40 bits per heavy atom. The van der Waals surface area contributed by atoms with E-state index in [0.717, 1.165) is 0 Å². The summed E-state index contributed by atoms with van der Waals surface area (Å²) < 4.78 is 11.1. The SMILES string of the molecule is CC(I)OC(C)OC(C)I. The second-order valence-corrected chi connectivity index (χ2v) is 5.43. The lowest BCUT2D eigenvalue weighted by Gasteiger charge is -2.16. The lowest BCUT2D eigenvalue weighted by Crippen LogP contribution is -2.18. The molecule has 2 unspecified atom stereocenters. The first-order valence-corrected chi connectivity index (χ1v) is 5.60. The zero-order valence-corrected chi connectivity index (χ0v) is 10.6. The Morgan fingerprint density at radius 2 is 1.20 bits per heavy atom. The first kappa shape index (κ1) is 11.4. The van der Waals surface area contributed by atoms with Crippen LogP contribution in [0.1, 0.15) is 20.8 Å². The van der Waals surface area contributed by atoms with E-state index < -0.39 is 0 Å². The summed E-state index contributed by atoms with van der Waals surface area (Å²) in [5, 5.41) is 0. The summed E-state index contributed by atoms with van der Waals surface area (Å²) in [7, 11) is 0. The molecule has 0 amide bonds. The molecule has 0 aromatic carbocycles. The highest BCUT2D eigenvalue weighted by molar-refractivity contribution is 14.1. The lowest BCUT2D eigenvalue weighted by atomic mass is 10.7. The molecule has 2 atom stereocenters. The highest BCUT2D eigenvalue weighted by atomic mass is 127. The minimum Gasteiger partial charge on any atom is -0.340 e. The molecule has 0 aliphatic carbocycles. The molecule has 0 radical (unpaired) electrons. The van der Waals surface area contributed by atoms with Crippen LogP contribution in [-0.2, 0) is 9.47 Å². The summed E-state index contributed by atoms with van der Waals surface area (Å²) in [4.78, 5) is 0. The highest BCUT2D eigenvalue weighted by Crippen LogP contribution is 2.10. The van der Waals surface area contributed by atoms with Gasteiger partial charge in [-0.1, -0.05) is 45.2 Å². The maximum absolute atomic E-state index is 5.32. The molecule has 0 aromatic rings. The van der Waals surface area contributed by atoms with Crippen LogP contribution in [0.25, 0.3) is 0 Å². The van der Waals surface area contributed by atoms with Gasteiger partial charge in [0.2, 0.25) is 0 Å². The minimum absolute atomic E-state index is 0.0983. The predicted octanol–water partition coefficient (Wildman–Crippen LogP) is 2.93. The number of hydrogen-bond donors (Lipinski definition) is 0. The van der Waals surface area contributed by atoms with Gasteiger partial charge in [-0.25, -0.2) is 0 Å². The lowest BCUT2D eigenvalue weighted by molar-refractivity contribution is -0.133. The third-order valence-corrected chi connectivity index (χ3v) is 1.35. The Bertz CT molecular complexity index is 75.8. The number of rotatable bonds is 4. The van der Waals surface area contributed by atoms with Gasteiger partial charge in [0.15, 0.2) is 6.29 Å².